The molecule has 0 aliphatic rings. The highest BCUT2D eigenvalue weighted by Gasteiger charge is 2.19. The third-order valence-corrected chi connectivity index (χ3v) is 7.17. The summed E-state index contributed by atoms with van der Waals surface area (Å²) in [6.07, 6.45) is 0. The second-order valence-corrected chi connectivity index (χ2v) is 9.57. The number of fused-ring (bicyclic) bond motifs is 2. The fourth-order valence-corrected chi connectivity index (χ4v) is 5.21. The molecule has 0 spiro atoms. The normalized spacial score (nSPS) is 11.2. The minimum atomic E-state index is -0.442. The lowest BCUT2D eigenvalue weighted by Crippen LogP contribution is -2.06. The summed E-state index contributed by atoms with van der Waals surface area (Å²) in [6.45, 7) is 0.786. The molecule has 2 aromatic heterocycles. The zero-order valence-electron chi connectivity index (χ0n) is 22.6. The average Bonchev–Trinajstić information content (AvgIpc) is 3.54. The summed E-state index contributed by atoms with van der Waals surface area (Å²) in [4.78, 5) is 21.8. The number of ether oxygens (including phenoxy) is 2. The van der Waals surface area contributed by atoms with Crippen molar-refractivity contribution in [3.8, 4) is 22.9 Å². The quantitative estimate of drug-likeness (QED) is 0.154. The number of nitro benzene ring substituents is 2. The van der Waals surface area contributed by atoms with Gasteiger partial charge in [-0.3, -0.25) is 29.6 Å². The lowest BCUT2D eigenvalue weighted by Gasteiger charge is -2.15. The zero-order chi connectivity index (χ0) is 29.4. The van der Waals surface area contributed by atoms with Gasteiger partial charge >= 0.3 is 0 Å². The molecule has 0 aliphatic heterocycles. The molecule has 0 saturated carbocycles. The van der Waals surface area contributed by atoms with Crippen LogP contribution in [0.3, 0.4) is 0 Å². The molecule has 6 rings (SSSR count). The minimum absolute atomic E-state index is 0.0351. The van der Waals surface area contributed by atoms with Gasteiger partial charge in [0.15, 0.2) is 0 Å². The first-order chi connectivity index (χ1) is 20.4. The van der Waals surface area contributed by atoms with Crippen molar-refractivity contribution < 1.29 is 19.3 Å². The molecule has 2 heterocycles. The fraction of sp³-hybridized carbons (Fsp3) is 0.133. The van der Waals surface area contributed by atoms with Crippen LogP contribution in [0.1, 0.15) is 11.1 Å². The standard InChI is InChI=1S/C30H24N6O6/c1-41-29-25-15-21(35(37)38)11-13-27(25)33(31-29)17-19-7-3-5-9-23(19)24-10-6-4-8-20(24)18-34-28-14-12-22(36(39)40)16-26(28)30(32-34)42-2/h3-16H,17-18H2,1-2H3. The van der Waals surface area contributed by atoms with Crippen LogP contribution < -0.4 is 9.47 Å². The van der Waals surface area contributed by atoms with Crippen molar-refractivity contribution in [2.75, 3.05) is 14.2 Å². The van der Waals surface area contributed by atoms with Gasteiger partial charge in [-0.25, -0.2) is 0 Å². The van der Waals surface area contributed by atoms with E-state index in [0.29, 0.717) is 46.7 Å². The third-order valence-electron chi connectivity index (χ3n) is 7.17. The number of rotatable bonds is 9. The molecule has 42 heavy (non-hydrogen) atoms. The predicted molar refractivity (Wildman–Crippen MR) is 156 cm³/mol. The van der Waals surface area contributed by atoms with Crippen molar-refractivity contribution in [3.63, 3.8) is 0 Å². The summed E-state index contributed by atoms with van der Waals surface area (Å²) >= 11 is 0. The van der Waals surface area contributed by atoms with Crippen molar-refractivity contribution >= 4 is 33.2 Å². The molecular formula is C30H24N6O6. The molecule has 0 unspecified atom stereocenters. The van der Waals surface area contributed by atoms with Crippen LogP contribution >= 0.6 is 0 Å². The van der Waals surface area contributed by atoms with E-state index in [1.54, 1.807) is 21.5 Å². The van der Waals surface area contributed by atoms with E-state index < -0.39 is 9.85 Å². The molecule has 4 aromatic carbocycles. The third kappa shape index (κ3) is 4.64. The molecule has 0 saturated heterocycles. The Morgan fingerprint density at radius 3 is 1.43 bits per heavy atom. The Bertz CT molecular complexity index is 1850. The number of hydrogen-bond acceptors (Lipinski definition) is 8. The number of aromatic nitrogens is 4. The van der Waals surface area contributed by atoms with E-state index in [0.717, 1.165) is 22.3 Å². The largest absolute Gasteiger partial charge is 0.479 e. The molecule has 0 radical (unpaired) electrons. The molecule has 0 N–H and O–H groups in total. The van der Waals surface area contributed by atoms with Gasteiger partial charge < -0.3 is 9.47 Å². The molecular weight excluding hydrogens is 540 g/mol. The summed E-state index contributed by atoms with van der Waals surface area (Å²) < 4.78 is 14.4. The summed E-state index contributed by atoms with van der Waals surface area (Å²) in [5, 5.41) is 33.0. The van der Waals surface area contributed by atoms with Gasteiger partial charge in [0.2, 0.25) is 11.8 Å². The summed E-state index contributed by atoms with van der Waals surface area (Å²) in [7, 11) is 2.97. The van der Waals surface area contributed by atoms with E-state index in [4.69, 9.17) is 9.47 Å². The van der Waals surface area contributed by atoms with Crippen molar-refractivity contribution in [1.82, 2.24) is 19.6 Å². The monoisotopic (exact) mass is 564 g/mol. The average molecular weight is 565 g/mol. The Balaban J connectivity index is 1.40. The maximum absolute atomic E-state index is 11.3. The molecule has 0 amide bonds. The maximum atomic E-state index is 11.3. The minimum Gasteiger partial charge on any atom is -0.479 e. The number of hydrogen-bond donors (Lipinski definition) is 0. The molecule has 0 aliphatic carbocycles. The number of nitro groups is 2. The first kappa shape index (κ1) is 26.4. The lowest BCUT2D eigenvalue weighted by atomic mass is 9.95. The molecule has 12 nitrogen and oxygen atoms in total. The van der Waals surface area contributed by atoms with Gasteiger partial charge in [-0.2, -0.15) is 0 Å². The van der Waals surface area contributed by atoms with Gasteiger partial charge in [0.1, 0.15) is 0 Å². The van der Waals surface area contributed by atoms with Crippen molar-refractivity contribution in [2.24, 2.45) is 0 Å². The number of methoxy groups -OCH3 is 2. The highest BCUT2D eigenvalue weighted by atomic mass is 16.6. The highest BCUT2D eigenvalue weighted by Crippen LogP contribution is 2.34. The summed E-state index contributed by atoms with van der Waals surface area (Å²) in [5.41, 5.74) is 5.28. The maximum Gasteiger partial charge on any atom is 0.270 e. The van der Waals surface area contributed by atoms with Crippen LogP contribution in [-0.2, 0) is 13.1 Å². The zero-order valence-corrected chi connectivity index (χ0v) is 22.6. The Hall–Kier alpha value is -5.78. The van der Waals surface area contributed by atoms with E-state index in [-0.39, 0.29) is 11.4 Å². The van der Waals surface area contributed by atoms with E-state index in [9.17, 15) is 20.2 Å². The Morgan fingerprint density at radius 2 is 1.05 bits per heavy atom. The molecule has 210 valence electrons. The number of non-ortho nitro benzene ring substituents is 2. The summed E-state index contributed by atoms with van der Waals surface area (Å²) in [5.74, 6) is 0.623. The lowest BCUT2D eigenvalue weighted by molar-refractivity contribution is -0.384. The van der Waals surface area contributed by atoms with Crippen molar-refractivity contribution in [1.29, 1.82) is 0 Å². The van der Waals surface area contributed by atoms with E-state index >= 15 is 0 Å². The second-order valence-electron chi connectivity index (χ2n) is 9.57. The number of nitrogens with zero attached hydrogens (tertiary/aromatic N) is 6. The van der Waals surface area contributed by atoms with Gasteiger partial charge in [-0.05, 0) is 34.4 Å². The Kier molecular flexibility index (Phi) is 6.71. The van der Waals surface area contributed by atoms with Gasteiger partial charge in [0.05, 0.1) is 59.0 Å². The van der Waals surface area contributed by atoms with Crippen LogP contribution in [0, 0.1) is 20.2 Å². The van der Waals surface area contributed by atoms with E-state index in [1.165, 1.54) is 38.5 Å². The summed E-state index contributed by atoms with van der Waals surface area (Å²) in [6, 6.07) is 25.1. The first-order valence-corrected chi connectivity index (χ1v) is 12.9. The van der Waals surface area contributed by atoms with Gasteiger partial charge in [0.25, 0.3) is 11.4 Å². The predicted octanol–water partition coefficient (Wildman–Crippen LogP) is 5.98. The topological polar surface area (TPSA) is 140 Å². The van der Waals surface area contributed by atoms with Gasteiger partial charge in [-0.1, -0.05) is 48.5 Å². The van der Waals surface area contributed by atoms with Crippen molar-refractivity contribution in [2.45, 2.75) is 13.1 Å². The van der Waals surface area contributed by atoms with Crippen LogP contribution in [0.5, 0.6) is 11.8 Å². The van der Waals surface area contributed by atoms with Gasteiger partial charge in [-0.15, -0.1) is 10.2 Å². The first-order valence-electron chi connectivity index (χ1n) is 12.9. The van der Waals surface area contributed by atoms with Crippen molar-refractivity contribution in [3.05, 3.63) is 116 Å². The Labute approximate surface area is 238 Å². The molecule has 0 fully saturated rings. The van der Waals surface area contributed by atoms with E-state index in [2.05, 4.69) is 10.2 Å². The van der Waals surface area contributed by atoms with Crippen LogP contribution in [0.15, 0.2) is 84.9 Å². The number of benzene rings is 4. The van der Waals surface area contributed by atoms with Crippen LogP contribution in [0.4, 0.5) is 11.4 Å². The molecule has 0 atom stereocenters. The molecule has 6 aromatic rings. The molecule has 0 bridgehead atoms. The molecule has 12 heteroatoms. The second kappa shape index (κ2) is 10.7. The Morgan fingerprint density at radius 1 is 0.643 bits per heavy atom. The van der Waals surface area contributed by atoms with Crippen LogP contribution in [0.25, 0.3) is 32.9 Å². The smallest absolute Gasteiger partial charge is 0.270 e. The van der Waals surface area contributed by atoms with Gasteiger partial charge in [0, 0.05) is 24.3 Å². The van der Waals surface area contributed by atoms with E-state index in [1.807, 2.05) is 48.5 Å². The SMILES string of the molecule is COc1nn(Cc2ccccc2-c2ccccc2Cn2nc(OC)c3cc([N+](=O)[O-])ccc32)c2ccc([N+](=O)[O-])cc12. The highest BCUT2D eigenvalue weighted by molar-refractivity contribution is 5.88. The van der Waals surface area contributed by atoms with Crippen LogP contribution in [-0.4, -0.2) is 43.6 Å². The fourth-order valence-electron chi connectivity index (χ4n) is 5.21. The van der Waals surface area contributed by atoms with Crippen LogP contribution in [0.2, 0.25) is 0 Å².